The Bertz CT molecular complexity index is 749. The average Bonchev–Trinajstić information content (AvgIpc) is 2.70. The van der Waals surface area contributed by atoms with E-state index in [1.165, 1.54) is 0 Å². The van der Waals surface area contributed by atoms with Gasteiger partial charge in [0.2, 0.25) is 5.91 Å². The molecule has 0 aromatic heterocycles. The largest absolute Gasteiger partial charge is 0.497 e. The van der Waals surface area contributed by atoms with Gasteiger partial charge in [-0.25, -0.2) is 4.99 Å². The molecule has 0 heterocycles. The molecule has 0 radical (unpaired) electrons. The Morgan fingerprint density at radius 1 is 1.04 bits per heavy atom. The van der Waals surface area contributed by atoms with Crippen molar-refractivity contribution in [2.24, 2.45) is 10.7 Å². The van der Waals surface area contributed by atoms with Gasteiger partial charge in [-0.05, 0) is 48.9 Å². The Hall–Kier alpha value is -2.49. The molecular formula is C20H27IN4O3. The van der Waals surface area contributed by atoms with Crippen molar-refractivity contribution < 1.29 is 14.3 Å². The molecule has 0 aliphatic carbocycles. The van der Waals surface area contributed by atoms with E-state index in [0.29, 0.717) is 31.2 Å². The Labute approximate surface area is 182 Å². The summed E-state index contributed by atoms with van der Waals surface area (Å²) in [5, 5.41) is 6.42. The second-order valence-corrected chi connectivity index (χ2v) is 5.71. The summed E-state index contributed by atoms with van der Waals surface area (Å²) in [6, 6.07) is 14.6. The van der Waals surface area contributed by atoms with Crippen LogP contribution in [-0.4, -0.2) is 38.7 Å². The molecular weight excluding hydrogens is 471 g/mol. The first-order chi connectivity index (χ1) is 13.1. The smallest absolute Gasteiger partial charge is 0.248 e. The average molecular weight is 498 g/mol. The highest BCUT2D eigenvalue weighted by Crippen LogP contribution is 2.16. The number of nitrogens with zero attached hydrogens (tertiary/aromatic N) is 1. The molecule has 28 heavy (non-hydrogen) atoms. The fourth-order valence-electron chi connectivity index (χ4n) is 2.30. The van der Waals surface area contributed by atoms with Gasteiger partial charge in [-0.3, -0.25) is 4.79 Å². The predicted octanol–water partition coefficient (Wildman–Crippen LogP) is 2.55. The maximum absolute atomic E-state index is 11.1. The lowest BCUT2D eigenvalue weighted by Gasteiger charge is -2.12. The minimum absolute atomic E-state index is 0. The van der Waals surface area contributed by atoms with Crippen molar-refractivity contribution >= 4 is 35.8 Å². The van der Waals surface area contributed by atoms with E-state index in [-0.39, 0.29) is 24.0 Å². The fourth-order valence-corrected chi connectivity index (χ4v) is 2.30. The topological polar surface area (TPSA) is 98.0 Å². The number of methoxy groups -OCH3 is 1. The van der Waals surface area contributed by atoms with Crippen molar-refractivity contribution in [2.75, 3.05) is 26.8 Å². The van der Waals surface area contributed by atoms with Gasteiger partial charge in [-0.15, -0.1) is 24.0 Å². The summed E-state index contributed by atoms with van der Waals surface area (Å²) in [5.74, 6) is 1.85. The Balaban J connectivity index is 0.00000392. The molecule has 7 nitrogen and oxygen atoms in total. The number of ether oxygens (including phenoxy) is 2. The number of hydrogen-bond acceptors (Lipinski definition) is 4. The lowest BCUT2D eigenvalue weighted by Crippen LogP contribution is -2.39. The van der Waals surface area contributed by atoms with Crippen molar-refractivity contribution in [2.45, 2.75) is 13.5 Å². The van der Waals surface area contributed by atoms with Gasteiger partial charge < -0.3 is 25.8 Å². The molecule has 1 amide bonds. The third kappa shape index (κ3) is 8.03. The molecule has 0 aliphatic rings. The summed E-state index contributed by atoms with van der Waals surface area (Å²) >= 11 is 0. The van der Waals surface area contributed by atoms with E-state index in [9.17, 15) is 4.79 Å². The third-order valence-electron chi connectivity index (χ3n) is 3.73. The summed E-state index contributed by atoms with van der Waals surface area (Å²) in [5.41, 5.74) is 6.73. The van der Waals surface area contributed by atoms with E-state index in [0.717, 1.165) is 23.6 Å². The molecule has 2 aromatic carbocycles. The summed E-state index contributed by atoms with van der Waals surface area (Å²) in [6.45, 7) is 4.37. The summed E-state index contributed by atoms with van der Waals surface area (Å²) in [7, 11) is 1.63. The first-order valence-electron chi connectivity index (χ1n) is 8.80. The molecule has 0 atom stereocenters. The molecule has 0 spiro atoms. The van der Waals surface area contributed by atoms with Crippen LogP contribution in [0.25, 0.3) is 0 Å². The number of amides is 1. The van der Waals surface area contributed by atoms with E-state index < -0.39 is 5.91 Å². The zero-order valence-electron chi connectivity index (χ0n) is 16.1. The minimum Gasteiger partial charge on any atom is -0.497 e. The maximum atomic E-state index is 11.1. The van der Waals surface area contributed by atoms with Gasteiger partial charge in [-0.1, -0.05) is 12.1 Å². The number of carbonyl (C=O) groups is 1. The Morgan fingerprint density at radius 2 is 1.68 bits per heavy atom. The number of guanidine groups is 1. The van der Waals surface area contributed by atoms with Crippen molar-refractivity contribution in [3.63, 3.8) is 0 Å². The van der Waals surface area contributed by atoms with E-state index in [4.69, 9.17) is 15.2 Å². The molecule has 2 rings (SSSR count). The predicted molar refractivity (Wildman–Crippen MR) is 122 cm³/mol. The van der Waals surface area contributed by atoms with Crippen LogP contribution in [0, 0.1) is 0 Å². The van der Waals surface area contributed by atoms with Crippen LogP contribution in [0.4, 0.5) is 0 Å². The molecule has 0 bridgehead atoms. The Kier molecular flexibility index (Phi) is 10.8. The van der Waals surface area contributed by atoms with Crippen LogP contribution in [0.3, 0.4) is 0 Å². The SMILES string of the molecule is CCNC(=NCc1ccc(C(N)=O)cc1)NCCOc1ccc(OC)cc1.I. The number of aliphatic imine (C=N–C) groups is 1. The zero-order valence-corrected chi connectivity index (χ0v) is 18.4. The highest BCUT2D eigenvalue weighted by Gasteiger charge is 2.01. The molecule has 4 N–H and O–H groups in total. The lowest BCUT2D eigenvalue weighted by atomic mass is 10.1. The molecule has 0 unspecified atom stereocenters. The molecule has 152 valence electrons. The van der Waals surface area contributed by atoms with Gasteiger partial charge in [0.05, 0.1) is 20.2 Å². The van der Waals surface area contributed by atoms with Gasteiger partial charge in [0.25, 0.3) is 0 Å². The van der Waals surface area contributed by atoms with Gasteiger partial charge >= 0.3 is 0 Å². The highest BCUT2D eigenvalue weighted by molar-refractivity contribution is 14.0. The second-order valence-electron chi connectivity index (χ2n) is 5.71. The summed E-state index contributed by atoms with van der Waals surface area (Å²) in [6.07, 6.45) is 0. The first-order valence-corrected chi connectivity index (χ1v) is 8.80. The summed E-state index contributed by atoms with van der Waals surface area (Å²) in [4.78, 5) is 15.6. The monoisotopic (exact) mass is 498 g/mol. The number of carbonyl (C=O) groups excluding carboxylic acids is 1. The lowest BCUT2D eigenvalue weighted by molar-refractivity contribution is 0.100. The minimum atomic E-state index is -0.433. The standard InChI is InChI=1S/C20H26N4O3.HI/c1-3-22-20(24-14-15-4-6-16(7-5-15)19(21)25)23-12-13-27-18-10-8-17(26-2)9-11-18;/h4-11H,3,12-14H2,1-2H3,(H2,21,25)(H2,22,23,24);1H. The van der Waals surface area contributed by atoms with E-state index in [1.807, 2.05) is 43.3 Å². The number of benzene rings is 2. The number of halogens is 1. The molecule has 0 fully saturated rings. The molecule has 0 aliphatic heterocycles. The van der Waals surface area contributed by atoms with Crippen molar-refractivity contribution in [1.29, 1.82) is 0 Å². The summed E-state index contributed by atoms with van der Waals surface area (Å²) < 4.78 is 10.8. The molecule has 0 saturated carbocycles. The van der Waals surface area contributed by atoms with E-state index in [2.05, 4.69) is 15.6 Å². The quantitative estimate of drug-likeness (QED) is 0.214. The number of nitrogens with one attached hydrogen (secondary N) is 2. The number of rotatable bonds is 9. The van der Waals surface area contributed by atoms with Crippen LogP contribution in [0.2, 0.25) is 0 Å². The highest BCUT2D eigenvalue weighted by atomic mass is 127. The number of hydrogen-bond donors (Lipinski definition) is 3. The van der Waals surface area contributed by atoms with Crippen LogP contribution in [0.15, 0.2) is 53.5 Å². The van der Waals surface area contributed by atoms with Gasteiger partial charge in [0.1, 0.15) is 18.1 Å². The van der Waals surface area contributed by atoms with Crippen LogP contribution < -0.4 is 25.8 Å². The van der Waals surface area contributed by atoms with Gasteiger partial charge in [0, 0.05) is 12.1 Å². The second kappa shape index (κ2) is 12.8. The molecule has 2 aromatic rings. The normalized spacial score (nSPS) is 10.6. The third-order valence-corrected chi connectivity index (χ3v) is 3.73. The zero-order chi connectivity index (χ0) is 19.5. The van der Waals surface area contributed by atoms with Crippen LogP contribution >= 0.6 is 24.0 Å². The van der Waals surface area contributed by atoms with E-state index >= 15 is 0 Å². The Morgan fingerprint density at radius 3 is 2.25 bits per heavy atom. The maximum Gasteiger partial charge on any atom is 0.248 e. The van der Waals surface area contributed by atoms with Crippen LogP contribution in [-0.2, 0) is 6.54 Å². The van der Waals surface area contributed by atoms with Crippen molar-refractivity contribution in [3.05, 3.63) is 59.7 Å². The van der Waals surface area contributed by atoms with Gasteiger partial charge in [-0.2, -0.15) is 0 Å². The van der Waals surface area contributed by atoms with E-state index in [1.54, 1.807) is 19.2 Å². The van der Waals surface area contributed by atoms with Crippen LogP contribution in [0.1, 0.15) is 22.8 Å². The fraction of sp³-hybridized carbons (Fsp3) is 0.300. The molecule has 0 saturated heterocycles. The number of primary amides is 1. The number of nitrogens with two attached hydrogens (primary N) is 1. The van der Waals surface area contributed by atoms with Crippen LogP contribution in [0.5, 0.6) is 11.5 Å². The first kappa shape index (κ1) is 23.5. The van der Waals surface area contributed by atoms with Gasteiger partial charge in [0.15, 0.2) is 5.96 Å². The van der Waals surface area contributed by atoms with Crippen molar-refractivity contribution in [1.82, 2.24) is 10.6 Å². The van der Waals surface area contributed by atoms with Crippen molar-refractivity contribution in [3.8, 4) is 11.5 Å². The molecule has 8 heteroatoms.